The molecule has 41 heavy (non-hydrogen) atoms. The zero-order valence-electron chi connectivity index (χ0n) is 23.6. The maximum atomic E-state index is 13.0. The summed E-state index contributed by atoms with van der Waals surface area (Å²) in [5, 5.41) is 3.94. The normalized spacial score (nSPS) is 13.5. The molecule has 1 saturated heterocycles. The number of sulfonamides is 1. The number of nitrogens with zero attached hydrogens (tertiary/aromatic N) is 5. The van der Waals surface area contributed by atoms with Crippen molar-refractivity contribution in [2.24, 2.45) is 7.05 Å². The number of carbonyl (C=O) groups excluding carboxylic acids is 1. The Morgan fingerprint density at radius 3 is 2.41 bits per heavy atom. The largest absolute Gasteiger partial charge is 0.496 e. The first-order chi connectivity index (χ1) is 19.5. The molecule has 1 aliphatic heterocycles. The van der Waals surface area contributed by atoms with Gasteiger partial charge in [-0.25, -0.2) is 18.1 Å². The predicted molar refractivity (Wildman–Crippen MR) is 153 cm³/mol. The molecule has 5 rings (SSSR count). The van der Waals surface area contributed by atoms with Crippen LogP contribution < -0.4 is 14.2 Å². The summed E-state index contributed by atoms with van der Waals surface area (Å²) in [6.45, 7) is 6.66. The number of amides is 1. The van der Waals surface area contributed by atoms with Crippen molar-refractivity contribution in [1.82, 2.24) is 24.6 Å². The maximum Gasteiger partial charge on any atom is 0.267 e. The molecule has 1 fully saturated rings. The van der Waals surface area contributed by atoms with E-state index in [0.29, 0.717) is 18.8 Å². The molecule has 1 N–H and O–H groups in total. The molecule has 0 radical (unpaired) electrons. The molecule has 0 bridgehead atoms. The second-order valence-electron chi connectivity index (χ2n) is 10.2. The summed E-state index contributed by atoms with van der Waals surface area (Å²) in [6, 6.07) is 13.3. The molecule has 214 valence electrons. The molecule has 11 nitrogen and oxygen atoms in total. The summed E-state index contributed by atoms with van der Waals surface area (Å²) in [4.78, 5) is 23.4. The molecule has 0 atom stereocenters. The van der Waals surface area contributed by atoms with Gasteiger partial charge in [0.05, 0.1) is 38.5 Å². The van der Waals surface area contributed by atoms with Gasteiger partial charge in [0.1, 0.15) is 16.7 Å². The van der Waals surface area contributed by atoms with Crippen molar-refractivity contribution in [3.8, 4) is 22.9 Å². The average molecular weight is 577 g/mol. The highest BCUT2D eigenvalue weighted by molar-refractivity contribution is 7.92. The molecule has 2 aromatic carbocycles. The second-order valence-corrected chi connectivity index (χ2v) is 11.8. The Balaban J connectivity index is 1.34. The number of hydrogen-bond acceptors (Lipinski definition) is 8. The topological polar surface area (TPSA) is 129 Å². The maximum absolute atomic E-state index is 13.0. The van der Waals surface area contributed by atoms with Crippen LogP contribution in [0.15, 0.2) is 59.8 Å². The Morgan fingerprint density at radius 2 is 1.78 bits per heavy atom. The summed E-state index contributed by atoms with van der Waals surface area (Å²) in [5.74, 6) is 0.875. The van der Waals surface area contributed by atoms with Crippen LogP contribution in [0, 0.1) is 20.8 Å². The van der Waals surface area contributed by atoms with Crippen molar-refractivity contribution in [1.29, 1.82) is 0 Å². The van der Waals surface area contributed by atoms with Crippen molar-refractivity contribution in [3.63, 3.8) is 0 Å². The summed E-state index contributed by atoms with van der Waals surface area (Å²) < 4.78 is 41.3. The van der Waals surface area contributed by atoms with Crippen LogP contribution in [0.4, 0.5) is 5.95 Å². The lowest BCUT2D eigenvalue weighted by Gasteiger charge is -2.38. The van der Waals surface area contributed by atoms with E-state index in [1.54, 1.807) is 25.1 Å². The number of hydrogen-bond donors (Lipinski definition) is 1. The minimum atomic E-state index is -3.98. The fraction of sp³-hybridized carbons (Fsp3) is 0.310. The van der Waals surface area contributed by atoms with Crippen LogP contribution in [0.3, 0.4) is 0 Å². The lowest BCUT2D eigenvalue weighted by molar-refractivity contribution is -0.139. The molecular weight excluding hydrogens is 544 g/mol. The lowest BCUT2D eigenvalue weighted by Crippen LogP contribution is -2.56. The standard InChI is InChI=1S/C29H32N6O5S/c1-18-7-6-8-19(2)28(18)24-13-26(32-29(31-24)33-41(37,38)23-14-30-34(4)17-23)40-22-15-35(16-22)27(36)12-21-9-10-25(39-5)20(3)11-21/h6-11,13-14,17,22H,12,15-16H2,1-5H3,(H,31,32,33). The van der Waals surface area contributed by atoms with Crippen LogP contribution >= 0.6 is 0 Å². The third-order valence-electron chi connectivity index (χ3n) is 6.96. The number of nitrogens with one attached hydrogen (secondary N) is 1. The Morgan fingerprint density at radius 1 is 1.05 bits per heavy atom. The van der Waals surface area contributed by atoms with Crippen molar-refractivity contribution in [2.75, 3.05) is 24.9 Å². The summed E-state index contributed by atoms with van der Waals surface area (Å²) >= 11 is 0. The van der Waals surface area contributed by atoms with Gasteiger partial charge < -0.3 is 14.4 Å². The van der Waals surface area contributed by atoms with Crippen molar-refractivity contribution in [2.45, 2.75) is 38.2 Å². The first-order valence-electron chi connectivity index (χ1n) is 13.1. The minimum Gasteiger partial charge on any atom is -0.496 e. The molecule has 12 heteroatoms. The van der Waals surface area contributed by atoms with E-state index in [9.17, 15) is 13.2 Å². The molecule has 0 unspecified atom stereocenters. The minimum absolute atomic E-state index is 0.00162. The van der Waals surface area contributed by atoms with Gasteiger partial charge in [-0.05, 0) is 49.1 Å². The number of aromatic nitrogens is 4. The van der Waals surface area contributed by atoms with Crippen molar-refractivity contribution < 1.29 is 22.7 Å². The van der Waals surface area contributed by atoms with Gasteiger partial charge in [0, 0.05) is 24.9 Å². The lowest BCUT2D eigenvalue weighted by atomic mass is 10.00. The fourth-order valence-corrected chi connectivity index (χ4v) is 5.74. The van der Waals surface area contributed by atoms with E-state index in [0.717, 1.165) is 33.6 Å². The van der Waals surface area contributed by atoms with Gasteiger partial charge in [-0.3, -0.25) is 9.48 Å². The van der Waals surface area contributed by atoms with E-state index in [1.165, 1.54) is 17.1 Å². The van der Waals surface area contributed by atoms with Crippen molar-refractivity contribution in [3.05, 3.63) is 77.1 Å². The number of likely N-dealkylation sites (tertiary alicyclic amines) is 1. The first kappa shape index (κ1) is 28.1. The van der Waals surface area contributed by atoms with Gasteiger partial charge in [-0.1, -0.05) is 30.3 Å². The number of methoxy groups -OCH3 is 1. The summed E-state index contributed by atoms with van der Waals surface area (Å²) in [5.41, 5.74) is 5.23. The monoisotopic (exact) mass is 576 g/mol. The van der Waals surface area contributed by atoms with Crippen LogP contribution in [0.2, 0.25) is 0 Å². The van der Waals surface area contributed by atoms with E-state index < -0.39 is 10.0 Å². The van der Waals surface area contributed by atoms with Crippen LogP contribution in [0.25, 0.3) is 11.3 Å². The fourth-order valence-electron chi connectivity index (χ4n) is 4.82. The molecule has 2 aromatic heterocycles. The van der Waals surface area contributed by atoms with Crippen LogP contribution in [0.5, 0.6) is 11.6 Å². The van der Waals surface area contributed by atoms with Crippen LogP contribution in [-0.4, -0.2) is 65.3 Å². The quantitative estimate of drug-likeness (QED) is 0.321. The van der Waals surface area contributed by atoms with E-state index in [4.69, 9.17) is 9.47 Å². The molecule has 0 saturated carbocycles. The Kier molecular flexibility index (Phi) is 7.68. The van der Waals surface area contributed by atoms with Gasteiger partial charge in [-0.15, -0.1) is 0 Å². The second kappa shape index (κ2) is 11.2. The first-order valence-corrected chi connectivity index (χ1v) is 14.6. The Bertz CT molecular complexity index is 1690. The summed E-state index contributed by atoms with van der Waals surface area (Å²) in [6.07, 6.45) is 2.63. The molecule has 0 spiro atoms. The number of anilines is 1. The molecule has 4 aromatic rings. The predicted octanol–water partition coefficient (Wildman–Crippen LogP) is 3.44. The van der Waals surface area contributed by atoms with Crippen LogP contribution in [-0.2, 0) is 28.3 Å². The molecule has 0 aliphatic carbocycles. The van der Waals surface area contributed by atoms with Gasteiger partial charge in [0.15, 0.2) is 0 Å². The highest BCUT2D eigenvalue weighted by atomic mass is 32.2. The third kappa shape index (κ3) is 6.17. The zero-order valence-corrected chi connectivity index (χ0v) is 24.4. The average Bonchev–Trinajstić information content (AvgIpc) is 3.33. The smallest absolute Gasteiger partial charge is 0.267 e. The Hall–Kier alpha value is -4.45. The molecular formula is C29H32N6O5S. The van der Waals surface area contributed by atoms with E-state index in [-0.39, 0.29) is 35.2 Å². The molecule has 1 aliphatic rings. The Labute approximate surface area is 239 Å². The van der Waals surface area contributed by atoms with Crippen molar-refractivity contribution >= 4 is 21.9 Å². The zero-order chi connectivity index (χ0) is 29.3. The van der Waals surface area contributed by atoms with Crippen LogP contribution in [0.1, 0.15) is 22.3 Å². The summed E-state index contributed by atoms with van der Waals surface area (Å²) in [7, 11) is -0.728. The highest BCUT2D eigenvalue weighted by Crippen LogP contribution is 2.30. The third-order valence-corrected chi connectivity index (χ3v) is 8.24. The molecule has 1 amide bonds. The van der Waals surface area contributed by atoms with Gasteiger partial charge in [0.25, 0.3) is 10.0 Å². The molecule has 3 heterocycles. The number of carbonyl (C=O) groups is 1. The van der Waals surface area contributed by atoms with E-state index >= 15 is 0 Å². The highest BCUT2D eigenvalue weighted by Gasteiger charge is 2.33. The van der Waals surface area contributed by atoms with Gasteiger partial charge in [-0.2, -0.15) is 10.1 Å². The number of benzene rings is 2. The number of rotatable bonds is 9. The van der Waals surface area contributed by atoms with E-state index in [2.05, 4.69) is 19.8 Å². The number of aryl methyl sites for hydroxylation is 4. The number of ether oxygens (including phenoxy) is 2. The van der Waals surface area contributed by atoms with Gasteiger partial charge >= 0.3 is 0 Å². The van der Waals surface area contributed by atoms with Gasteiger partial charge in [0.2, 0.25) is 17.7 Å². The SMILES string of the molecule is COc1ccc(CC(=O)N2CC(Oc3cc(-c4c(C)cccc4C)nc(NS(=O)(=O)c4cnn(C)c4)n3)C2)cc1C. The van der Waals surface area contributed by atoms with E-state index in [1.807, 2.05) is 57.2 Å².